The van der Waals surface area contributed by atoms with E-state index in [1.165, 1.54) is 0 Å². The maximum atomic E-state index is 12.3. The molecule has 2 aromatic carbocycles. The fraction of sp³-hybridized carbons (Fsp3) is 0.0588. The van der Waals surface area contributed by atoms with Crippen LogP contribution in [-0.4, -0.2) is 16.8 Å². The second kappa shape index (κ2) is 5.37. The topological polar surface area (TPSA) is 88.0 Å². The predicted octanol–water partition coefficient (Wildman–Crippen LogP) is 2.83. The Morgan fingerprint density at radius 2 is 1.68 bits per heavy atom. The van der Waals surface area contributed by atoms with E-state index in [4.69, 9.17) is 5.73 Å². The Balaban J connectivity index is 1.81. The van der Waals surface area contributed by atoms with Gasteiger partial charge in [-0.05, 0) is 55.5 Å². The van der Waals surface area contributed by atoms with Gasteiger partial charge in [0.2, 0.25) is 5.91 Å². The Hall–Kier alpha value is -3.08. The number of benzene rings is 2. The first-order valence-corrected chi connectivity index (χ1v) is 6.83. The van der Waals surface area contributed by atoms with Crippen LogP contribution in [0.3, 0.4) is 0 Å². The number of nitrogens with one attached hydrogen (secondary N) is 2. The third-order valence-corrected chi connectivity index (χ3v) is 3.44. The van der Waals surface area contributed by atoms with E-state index in [1.807, 2.05) is 25.1 Å². The van der Waals surface area contributed by atoms with Gasteiger partial charge in [-0.25, -0.2) is 0 Å². The van der Waals surface area contributed by atoms with E-state index in [1.54, 1.807) is 30.3 Å². The van der Waals surface area contributed by atoms with Crippen molar-refractivity contribution < 1.29 is 9.59 Å². The summed E-state index contributed by atoms with van der Waals surface area (Å²) in [6, 6.07) is 13.9. The van der Waals surface area contributed by atoms with Crippen molar-refractivity contribution in [2.75, 3.05) is 5.32 Å². The van der Waals surface area contributed by atoms with Crippen molar-refractivity contribution in [3.05, 3.63) is 65.4 Å². The van der Waals surface area contributed by atoms with Crippen LogP contribution in [0.15, 0.2) is 48.5 Å². The number of aromatic amines is 1. The number of anilines is 1. The summed E-state index contributed by atoms with van der Waals surface area (Å²) < 4.78 is 0. The molecule has 0 fully saturated rings. The number of H-pyrrole nitrogens is 1. The van der Waals surface area contributed by atoms with E-state index in [0.717, 1.165) is 16.6 Å². The standard InChI is InChI=1S/C17H15N3O2/c1-10-8-13-9-12(4-7-15(13)19-10)17(22)20-14-5-2-11(3-6-14)16(18)21/h2-9,19H,1H3,(H2,18,21)(H,20,22). The summed E-state index contributed by atoms with van der Waals surface area (Å²) in [6.07, 6.45) is 0. The van der Waals surface area contributed by atoms with Crippen LogP contribution in [0.4, 0.5) is 5.69 Å². The highest BCUT2D eigenvalue weighted by Gasteiger charge is 2.08. The fourth-order valence-corrected chi connectivity index (χ4v) is 2.34. The van der Waals surface area contributed by atoms with Gasteiger partial charge >= 0.3 is 0 Å². The molecule has 0 atom stereocenters. The van der Waals surface area contributed by atoms with Crippen LogP contribution < -0.4 is 11.1 Å². The average Bonchev–Trinajstić information content (AvgIpc) is 2.86. The van der Waals surface area contributed by atoms with Crippen molar-refractivity contribution in [2.24, 2.45) is 5.73 Å². The highest BCUT2D eigenvalue weighted by Crippen LogP contribution is 2.18. The number of fused-ring (bicyclic) bond motifs is 1. The lowest BCUT2D eigenvalue weighted by Gasteiger charge is -2.06. The van der Waals surface area contributed by atoms with Crippen LogP contribution in [0, 0.1) is 6.92 Å². The third-order valence-electron chi connectivity index (χ3n) is 3.44. The molecule has 22 heavy (non-hydrogen) atoms. The number of carbonyl (C=O) groups is 2. The highest BCUT2D eigenvalue weighted by atomic mass is 16.2. The number of aromatic nitrogens is 1. The average molecular weight is 293 g/mol. The molecule has 5 nitrogen and oxygen atoms in total. The third kappa shape index (κ3) is 2.69. The molecule has 3 aromatic rings. The number of amides is 2. The fourth-order valence-electron chi connectivity index (χ4n) is 2.34. The summed E-state index contributed by atoms with van der Waals surface area (Å²) in [5.41, 5.74) is 8.82. The first-order chi connectivity index (χ1) is 10.5. The minimum Gasteiger partial charge on any atom is -0.366 e. The molecule has 0 aliphatic rings. The molecule has 0 unspecified atom stereocenters. The van der Waals surface area contributed by atoms with Gasteiger partial charge in [0.05, 0.1) is 0 Å². The number of aryl methyl sites for hydroxylation is 1. The lowest BCUT2D eigenvalue weighted by Crippen LogP contribution is -2.13. The molecule has 0 aliphatic heterocycles. The van der Waals surface area contributed by atoms with Gasteiger partial charge < -0.3 is 16.0 Å². The van der Waals surface area contributed by atoms with Crippen LogP contribution in [0.2, 0.25) is 0 Å². The normalized spacial score (nSPS) is 10.6. The molecule has 0 aliphatic carbocycles. The molecule has 3 rings (SSSR count). The van der Waals surface area contributed by atoms with E-state index >= 15 is 0 Å². The molecular formula is C17H15N3O2. The quantitative estimate of drug-likeness (QED) is 0.693. The van der Waals surface area contributed by atoms with Crippen molar-refractivity contribution in [3.8, 4) is 0 Å². The van der Waals surface area contributed by atoms with Gasteiger partial charge in [-0.3, -0.25) is 9.59 Å². The summed E-state index contributed by atoms with van der Waals surface area (Å²) in [7, 11) is 0. The van der Waals surface area contributed by atoms with E-state index in [9.17, 15) is 9.59 Å². The van der Waals surface area contributed by atoms with Gasteiger partial charge in [0.1, 0.15) is 0 Å². The Morgan fingerprint density at radius 1 is 1.00 bits per heavy atom. The maximum Gasteiger partial charge on any atom is 0.255 e. The minimum atomic E-state index is -0.494. The molecule has 110 valence electrons. The van der Waals surface area contributed by atoms with E-state index in [-0.39, 0.29) is 5.91 Å². The zero-order chi connectivity index (χ0) is 15.7. The van der Waals surface area contributed by atoms with Crippen LogP contribution in [-0.2, 0) is 0 Å². The highest BCUT2D eigenvalue weighted by molar-refractivity contribution is 6.06. The first kappa shape index (κ1) is 13.9. The van der Waals surface area contributed by atoms with Crippen molar-refractivity contribution in [1.82, 2.24) is 4.98 Å². The minimum absolute atomic E-state index is 0.201. The smallest absolute Gasteiger partial charge is 0.255 e. The Labute approximate surface area is 127 Å². The molecule has 5 heteroatoms. The molecular weight excluding hydrogens is 278 g/mol. The van der Waals surface area contributed by atoms with Crippen LogP contribution in [0.1, 0.15) is 26.4 Å². The van der Waals surface area contributed by atoms with Gasteiger partial charge in [-0.15, -0.1) is 0 Å². The molecule has 1 heterocycles. The van der Waals surface area contributed by atoms with E-state index in [0.29, 0.717) is 16.8 Å². The van der Waals surface area contributed by atoms with E-state index in [2.05, 4.69) is 10.3 Å². The second-order valence-corrected chi connectivity index (χ2v) is 5.15. The summed E-state index contributed by atoms with van der Waals surface area (Å²) in [6.45, 7) is 1.97. The molecule has 1 aromatic heterocycles. The van der Waals surface area contributed by atoms with Crippen molar-refractivity contribution in [1.29, 1.82) is 0 Å². The Bertz CT molecular complexity index is 863. The predicted molar refractivity (Wildman–Crippen MR) is 85.9 cm³/mol. The Kier molecular flexibility index (Phi) is 3.39. The SMILES string of the molecule is Cc1cc2cc(C(=O)Nc3ccc(C(N)=O)cc3)ccc2[nH]1. The van der Waals surface area contributed by atoms with Crippen LogP contribution in [0.25, 0.3) is 10.9 Å². The maximum absolute atomic E-state index is 12.3. The molecule has 0 saturated heterocycles. The zero-order valence-corrected chi connectivity index (χ0v) is 12.0. The van der Waals surface area contributed by atoms with Crippen LogP contribution in [0.5, 0.6) is 0 Å². The Morgan fingerprint density at radius 3 is 2.36 bits per heavy atom. The summed E-state index contributed by atoms with van der Waals surface area (Å²) in [4.78, 5) is 26.5. The van der Waals surface area contributed by atoms with Crippen molar-refractivity contribution >= 4 is 28.4 Å². The van der Waals surface area contributed by atoms with Gasteiger partial charge in [0.25, 0.3) is 5.91 Å². The molecule has 0 spiro atoms. The number of nitrogens with two attached hydrogens (primary N) is 1. The monoisotopic (exact) mass is 293 g/mol. The lowest BCUT2D eigenvalue weighted by molar-refractivity contribution is 0.0998. The molecule has 0 radical (unpaired) electrons. The molecule has 0 bridgehead atoms. The summed E-state index contributed by atoms with van der Waals surface area (Å²) >= 11 is 0. The molecule has 0 saturated carbocycles. The van der Waals surface area contributed by atoms with Crippen LogP contribution >= 0.6 is 0 Å². The van der Waals surface area contributed by atoms with Crippen molar-refractivity contribution in [2.45, 2.75) is 6.92 Å². The van der Waals surface area contributed by atoms with Crippen molar-refractivity contribution in [3.63, 3.8) is 0 Å². The second-order valence-electron chi connectivity index (χ2n) is 5.15. The number of primary amides is 1. The summed E-state index contributed by atoms with van der Waals surface area (Å²) in [5.74, 6) is -0.696. The van der Waals surface area contributed by atoms with Gasteiger partial charge in [0, 0.05) is 33.4 Å². The number of carbonyl (C=O) groups excluding carboxylic acids is 2. The molecule has 2 amide bonds. The van der Waals surface area contributed by atoms with Gasteiger partial charge in [0.15, 0.2) is 0 Å². The lowest BCUT2D eigenvalue weighted by atomic mass is 10.1. The van der Waals surface area contributed by atoms with Gasteiger partial charge in [-0.2, -0.15) is 0 Å². The number of rotatable bonds is 3. The summed E-state index contributed by atoms with van der Waals surface area (Å²) in [5, 5.41) is 3.79. The number of hydrogen-bond acceptors (Lipinski definition) is 2. The zero-order valence-electron chi connectivity index (χ0n) is 12.0. The largest absolute Gasteiger partial charge is 0.366 e. The van der Waals surface area contributed by atoms with Gasteiger partial charge in [-0.1, -0.05) is 0 Å². The first-order valence-electron chi connectivity index (χ1n) is 6.83. The number of hydrogen-bond donors (Lipinski definition) is 3. The molecule has 4 N–H and O–H groups in total. The van der Waals surface area contributed by atoms with E-state index < -0.39 is 5.91 Å².